The number of aryl methyl sites for hydroxylation is 2. The number of sulfone groups is 1. The first-order valence-electron chi connectivity index (χ1n) is 11.2. The van der Waals surface area contributed by atoms with Crippen LogP contribution in [0.15, 0.2) is 55.8 Å². The fourth-order valence-electron chi connectivity index (χ4n) is 3.91. The van der Waals surface area contributed by atoms with Crippen LogP contribution in [0.3, 0.4) is 0 Å². The van der Waals surface area contributed by atoms with E-state index < -0.39 is 43.5 Å². The van der Waals surface area contributed by atoms with E-state index in [0.717, 1.165) is 33.7 Å². The molecular formula is C24H26FN3O6S. The van der Waals surface area contributed by atoms with Gasteiger partial charge in [0.2, 0.25) is 21.7 Å². The fraction of sp³-hybridized carbons (Fsp3) is 0.333. The fourth-order valence-corrected chi connectivity index (χ4v) is 5.35. The van der Waals surface area contributed by atoms with E-state index in [4.69, 9.17) is 0 Å². The van der Waals surface area contributed by atoms with E-state index in [-0.39, 0.29) is 47.5 Å². The zero-order chi connectivity index (χ0) is 26.1. The maximum absolute atomic E-state index is 13.7. The maximum Gasteiger partial charge on any atom is 0.316 e. The molecule has 2 aromatic carbocycles. The molecule has 0 unspecified atom stereocenters. The monoisotopic (exact) mass is 503 g/mol. The van der Waals surface area contributed by atoms with Crippen molar-refractivity contribution in [1.82, 2.24) is 9.13 Å². The number of benzene rings is 2. The number of anilines is 1. The van der Waals surface area contributed by atoms with Gasteiger partial charge in [0.15, 0.2) is 0 Å². The molecule has 0 saturated heterocycles. The van der Waals surface area contributed by atoms with Gasteiger partial charge in [0, 0.05) is 25.9 Å². The summed E-state index contributed by atoms with van der Waals surface area (Å²) in [6.07, 6.45) is -0.177. The number of hydrogen-bond donors (Lipinski definition) is 0. The highest BCUT2D eigenvalue weighted by Crippen LogP contribution is 2.35. The largest absolute Gasteiger partial charge is 0.316 e. The maximum atomic E-state index is 13.7. The van der Waals surface area contributed by atoms with Gasteiger partial charge < -0.3 is 9.13 Å². The quantitative estimate of drug-likeness (QED) is 0.362. The topological polar surface area (TPSA) is 116 Å². The van der Waals surface area contributed by atoms with Crippen molar-refractivity contribution in [3.63, 3.8) is 0 Å². The van der Waals surface area contributed by atoms with Crippen LogP contribution in [0.4, 0.5) is 10.1 Å². The highest BCUT2D eigenvalue weighted by atomic mass is 32.2. The molecule has 3 aromatic rings. The lowest BCUT2D eigenvalue weighted by Crippen LogP contribution is -2.41. The Bertz CT molecular complexity index is 1520. The summed E-state index contributed by atoms with van der Waals surface area (Å²) in [5, 5.41) is 0. The molecule has 9 nitrogen and oxygen atoms in total. The summed E-state index contributed by atoms with van der Waals surface area (Å²) in [4.78, 5) is 51.2. The predicted molar refractivity (Wildman–Crippen MR) is 129 cm³/mol. The van der Waals surface area contributed by atoms with Gasteiger partial charge in [-0.15, -0.1) is 0 Å². The Morgan fingerprint density at radius 1 is 0.829 bits per heavy atom. The Labute approximate surface area is 201 Å². The average molecular weight is 504 g/mol. The Morgan fingerprint density at radius 2 is 1.29 bits per heavy atom. The first kappa shape index (κ1) is 26.0. The summed E-state index contributed by atoms with van der Waals surface area (Å²) >= 11 is 0. The van der Waals surface area contributed by atoms with Crippen LogP contribution >= 0.6 is 0 Å². The molecule has 0 atom stereocenters. The number of aromatic nitrogens is 2. The summed E-state index contributed by atoms with van der Waals surface area (Å²) < 4.78 is 43.2. The third-order valence-corrected chi connectivity index (χ3v) is 7.50. The highest BCUT2D eigenvalue weighted by molar-refractivity contribution is 7.91. The van der Waals surface area contributed by atoms with E-state index in [9.17, 15) is 32.0 Å². The second-order valence-electron chi connectivity index (χ2n) is 7.69. The van der Waals surface area contributed by atoms with Crippen molar-refractivity contribution in [3.05, 3.63) is 62.9 Å². The third-order valence-electron chi connectivity index (χ3n) is 5.70. The van der Waals surface area contributed by atoms with Gasteiger partial charge in [-0.3, -0.25) is 19.2 Å². The Hall–Kier alpha value is -3.60. The lowest BCUT2D eigenvalue weighted by Gasteiger charge is -2.24. The van der Waals surface area contributed by atoms with Gasteiger partial charge in [-0.1, -0.05) is 13.8 Å². The molecule has 0 N–H and O–H groups in total. The molecule has 186 valence electrons. The van der Waals surface area contributed by atoms with Crippen molar-refractivity contribution < 1.29 is 22.4 Å². The molecule has 0 aliphatic carbocycles. The summed E-state index contributed by atoms with van der Waals surface area (Å²) in [7, 11) is -4.39. The Balaban J connectivity index is 2.58. The summed E-state index contributed by atoms with van der Waals surface area (Å²) in [5.41, 5.74) is -1.52. The van der Waals surface area contributed by atoms with Gasteiger partial charge >= 0.3 is 11.1 Å². The number of carbonyl (C=O) groups excluding carboxylic acids is 2. The molecular weight excluding hydrogens is 477 g/mol. The number of rotatable bonds is 7. The van der Waals surface area contributed by atoms with Crippen LogP contribution in [-0.4, -0.2) is 29.4 Å². The molecule has 1 aromatic heterocycles. The molecule has 0 radical (unpaired) electrons. The molecule has 3 rings (SSSR count). The lowest BCUT2D eigenvalue weighted by atomic mass is 10.2. The van der Waals surface area contributed by atoms with Gasteiger partial charge in [0.1, 0.15) is 5.82 Å². The normalized spacial score (nSPS) is 11.6. The second-order valence-corrected chi connectivity index (χ2v) is 9.61. The van der Waals surface area contributed by atoms with Crippen molar-refractivity contribution in [3.8, 4) is 0 Å². The van der Waals surface area contributed by atoms with Crippen molar-refractivity contribution in [2.24, 2.45) is 0 Å². The minimum Gasteiger partial charge on any atom is -0.302 e. The van der Waals surface area contributed by atoms with Gasteiger partial charge in [-0.05, 0) is 50.2 Å². The number of halogens is 1. The Kier molecular flexibility index (Phi) is 7.39. The average Bonchev–Trinajstić information content (AvgIpc) is 2.84. The summed E-state index contributed by atoms with van der Waals surface area (Å²) in [5.74, 6) is -1.92. The summed E-state index contributed by atoms with van der Waals surface area (Å²) in [6.45, 7) is 6.52. The first-order valence-corrected chi connectivity index (χ1v) is 12.7. The number of carbonyl (C=O) groups is 2. The van der Waals surface area contributed by atoms with E-state index >= 15 is 0 Å². The molecule has 0 spiro atoms. The molecule has 0 aliphatic rings. The van der Waals surface area contributed by atoms with Gasteiger partial charge in [0.25, 0.3) is 0 Å². The van der Waals surface area contributed by atoms with Crippen molar-refractivity contribution in [2.75, 3.05) is 4.90 Å². The van der Waals surface area contributed by atoms with Crippen LogP contribution in [0.1, 0.15) is 40.5 Å². The minimum atomic E-state index is -4.39. The van der Waals surface area contributed by atoms with Crippen LogP contribution in [-0.2, 0) is 32.5 Å². The lowest BCUT2D eigenvalue weighted by molar-refractivity contribution is -0.126. The highest BCUT2D eigenvalue weighted by Gasteiger charge is 2.31. The smallest absolute Gasteiger partial charge is 0.302 e. The van der Waals surface area contributed by atoms with Crippen molar-refractivity contribution in [1.29, 1.82) is 0 Å². The first-order chi connectivity index (χ1) is 16.5. The van der Waals surface area contributed by atoms with Crippen LogP contribution in [0.25, 0.3) is 11.0 Å². The Morgan fingerprint density at radius 3 is 1.71 bits per heavy atom. The zero-order valence-corrected chi connectivity index (χ0v) is 20.7. The number of nitrogens with zero attached hydrogens (tertiary/aromatic N) is 3. The van der Waals surface area contributed by atoms with Crippen molar-refractivity contribution >= 4 is 38.4 Å². The number of imide groups is 1. The molecule has 1 heterocycles. The third kappa shape index (κ3) is 4.43. The van der Waals surface area contributed by atoms with E-state index in [0.29, 0.717) is 0 Å². The molecule has 0 fully saturated rings. The van der Waals surface area contributed by atoms with E-state index in [1.165, 1.54) is 30.5 Å². The van der Waals surface area contributed by atoms with Crippen LogP contribution < -0.4 is 16.0 Å². The van der Waals surface area contributed by atoms with Crippen LogP contribution in [0.2, 0.25) is 0 Å². The second kappa shape index (κ2) is 9.95. The van der Waals surface area contributed by atoms with Crippen molar-refractivity contribution in [2.45, 2.75) is 63.4 Å². The van der Waals surface area contributed by atoms with Gasteiger partial charge in [0.05, 0.1) is 26.5 Å². The van der Waals surface area contributed by atoms with Crippen LogP contribution in [0.5, 0.6) is 0 Å². The molecule has 2 amide bonds. The standard InChI is InChI=1S/C24H26FN3O6S/c1-5-21(29)28(22(30)6-2)19-13-17-18(27(8-4)24(32)23(31)26(17)7-3)14-20(19)35(33,34)16-11-9-15(25)10-12-16/h9-14H,5-8H2,1-4H3. The van der Waals surface area contributed by atoms with Crippen LogP contribution in [0, 0.1) is 5.82 Å². The van der Waals surface area contributed by atoms with E-state index in [1.54, 1.807) is 13.8 Å². The molecule has 35 heavy (non-hydrogen) atoms. The molecule has 0 aliphatic heterocycles. The minimum absolute atomic E-state index is 0.0794. The summed E-state index contributed by atoms with van der Waals surface area (Å²) in [6, 6.07) is 6.59. The molecule has 0 bridgehead atoms. The predicted octanol–water partition coefficient (Wildman–Crippen LogP) is 2.85. The molecule has 11 heteroatoms. The van der Waals surface area contributed by atoms with Gasteiger partial charge in [-0.2, -0.15) is 0 Å². The zero-order valence-electron chi connectivity index (χ0n) is 19.9. The van der Waals surface area contributed by atoms with E-state index in [1.807, 2.05) is 0 Å². The number of fused-ring (bicyclic) bond motifs is 1. The SMILES string of the molecule is CCC(=O)N(C(=O)CC)c1cc2c(cc1S(=O)(=O)c1ccc(F)cc1)n(CC)c(=O)c(=O)n2CC. The van der Waals surface area contributed by atoms with E-state index in [2.05, 4.69) is 0 Å². The van der Waals surface area contributed by atoms with Gasteiger partial charge in [-0.25, -0.2) is 17.7 Å². The molecule has 0 saturated carbocycles. The number of hydrogen-bond acceptors (Lipinski definition) is 6. The number of amides is 2.